The molecule has 2 heterocycles. The Labute approximate surface area is 123 Å². The zero-order chi connectivity index (χ0) is 14.8. The van der Waals surface area contributed by atoms with Gasteiger partial charge in [0.2, 0.25) is 0 Å². The van der Waals surface area contributed by atoms with E-state index in [9.17, 15) is 9.59 Å². The van der Waals surface area contributed by atoms with Crippen molar-refractivity contribution >= 4 is 16.7 Å². The molecule has 1 N–H and O–H groups in total. The molecular weight excluding hydrogens is 266 g/mol. The number of ketones is 1. The maximum absolute atomic E-state index is 12.0. The number of benzene rings is 1. The van der Waals surface area contributed by atoms with Crippen LogP contribution in [0.1, 0.15) is 25.6 Å². The van der Waals surface area contributed by atoms with Crippen LogP contribution in [0.3, 0.4) is 0 Å². The molecule has 1 unspecified atom stereocenters. The first-order chi connectivity index (χ1) is 10.2. The predicted octanol–water partition coefficient (Wildman–Crippen LogP) is 1.72. The Morgan fingerprint density at radius 2 is 2.14 bits per heavy atom. The Kier molecular flexibility index (Phi) is 3.84. The summed E-state index contributed by atoms with van der Waals surface area (Å²) >= 11 is 0. The molecule has 1 atom stereocenters. The standard InChI is InChI=1S/C16H19N3O2/c1-2-11-9-19(8-7-14(11)20)10-15-17-13-6-4-3-5-12(13)16(21)18-15/h3-6,11H,2,7-10H2,1H3,(H,17,18,21). The molecule has 1 aromatic heterocycles. The third-order valence-corrected chi connectivity index (χ3v) is 4.14. The number of likely N-dealkylation sites (tertiary alicyclic amines) is 1. The largest absolute Gasteiger partial charge is 0.309 e. The molecule has 1 aromatic carbocycles. The summed E-state index contributed by atoms with van der Waals surface area (Å²) < 4.78 is 0. The number of hydrogen-bond donors (Lipinski definition) is 1. The monoisotopic (exact) mass is 285 g/mol. The molecule has 3 rings (SSSR count). The van der Waals surface area contributed by atoms with Crippen LogP contribution in [0.15, 0.2) is 29.1 Å². The Morgan fingerprint density at radius 3 is 2.95 bits per heavy atom. The van der Waals surface area contributed by atoms with Crippen molar-refractivity contribution in [2.75, 3.05) is 13.1 Å². The van der Waals surface area contributed by atoms with Gasteiger partial charge in [-0.15, -0.1) is 0 Å². The Bertz CT molecular complexity index is 723. The van der Waals surface area contributed by atoms with Gasteiger partial charge < -0.3 is 4.98 Å². The summed E-state index contributed by atoms with van der Waals surface area (Å²) in [7, 11) is 0. The number of H-pyrrole nitrogens is 1. The first kappa shape index (κ1) is 13.9. The van der Waals surface area contributed by atoms with Crippen LogP contribution in [0.4, 0.5) is 0 Å². The SMILES string of the molecule is CCC1CN(Cc2nc3ccccc3c(=O)[nH]2)CCC1=O. The number of Topliss-reactive ketones (excluding diaryl/α,β-unsaturated/α-hetero) is 1. The van der Waals surface area contributed by atoms with Crippen LogP contribution in [0.2, 0.25) is 0 Å². The maximum Gasteiger partial charge on any atom is 0.258 e. The first-order valence-electron chi connectivity index (χ1n) is 7.40. The topological polar surface area (TPSA) is 66.1 Å². The quantitative estimate of drug-likeness (QED) is 0.932. The Hall–Kier alpha value is -2.01. The van der Waals surface area contributed by atoms with E-state index >= 15 is 0 Å². The minimum atomic E-state index is -0.101. The van der Waals surface area contributed by atoms with E-state index in [1.54, 1.807) is 6.07 Å². The van der Waals surface area contributed by atoms with Crippen molar-refractivity contribution in [1.82, 2.24) is 14.9 Å². The normalized spacial score (nSPS) is 20.0. The molecule has 2 aromatic rings. The fourth-order valence-corrected chi connectivity index (χ4v) is 2.90. The van der Waals surface area contributed by atoms with Crippen molar-refractivity contribution in [2.24, 2.45) is 5.92 Å². The maximum atomic E-state index is 12.0. The summed E-state index contributed by atoms with van der Waals surface area (Å²) in [5, 5.41) is 0.613. The van der Waals surface area contributed by atoms with E-state index < -0.39 is 0 Å². The zero-order valence-electron chi connectivity index (χ0n) is 12.1. The van der Waals surface area contributed by atoms with Crippen molar-refractivity contribution in [3.05, 3.63) is 40.4 Å². The number of nitrogens with one attached hydrogen (secondary N) is 1. The zero-order valence-corrected chi connectivity index (χ0v) is 12.1. The lowest BCUT2D eigenvalue weighted by Gasteiger charge is -2.30. The van der Waals surface area contributed by atoms with Gasteiger partial charge in [0, 0.05) is 25.4 Å². The number of fused-ring (bicyclic) bond motifs is 1. The number of para-hydroxylation sites is 1. The van der Waals surface area contributed by atoms with E-state index in [0.29, 0.717) is 30.0 Å². The number of hydrogen-bond acceptors (Lipinski definition) is 4. The van der Waals surface area contributed by atoms with Gasteiger partial charge in [-0.2, -0.15) is 0 Å². The van der Waals surface area contributed by atoms with E-state index in [4.69, 9.17) is 0 Å². The van der Waals surface area contributed by atoms with E-state index in [2.05, 4.69) is 14.9 Å². The van der Waals surface area contributed by atoms with Gasteiger partial charge in [0.15, 0.2) is 0 Å². The van der Waals surface area contributed by atoms with Crippen LogP contribution in [0.5, 0.6) is 0 Å². The number of nitrogens with zero attached hydrogens (tertiary/aromatic N) is 2. The molecule has 0 radical (unpaired) electrons. The molecule has 1 aliphatic rings. The summed E-state index contributed by atoms with van der Waals surface area (Å²) in [6.45, 7) is 4.13. The van der Waals surface area contributed by atoms with Gasteiger partial charge in [0.25, 0.3) is 5.56 Å². The Balaban J connectivity index is 1.82. The van der Waals surface area contributed by atoms with Gasteiger partial charge in [-0.25, -0.2) is 4.98 Å². The second-order valence-electron chi connectivity index (χ2n) is 5.59. The lowest BCUT2D eigenvalue weighted by Crippen LogP contribution is -2.40. The average Bonchev–Trinajstić information content (AvgIpc) is 2.49. The highest BCUT2D eigenvalue weighted by Gasteiger charge is 2.26. The predicted molar refractivity (Wildman–Crippen MR) is 81.0 cm³/mol. The summed E-state index contributed by atoms with van der Waals surface area (Å²) in [5.74, 6) is 1.14. The minimum absolute atomic E-state index is 0.101. The molecule has 21 heavy (non-hydrogen) atoms. The van der Waals surface area contributed by atoms with Crippen LogP contribution in [-0.4, -0.2) is 33.7 Å². The van der Waals surface area contributed by atoms with E-state index in [0.717, 1.165) is 25.0 Å². The van der Waals surface area contributed by atoms with Crippen LogP contribution >= 0.6 is 0 Å². The smallest absolute Gasteiger partial charge is 0.258 e. The van der Waals surface area contributed by atoms with Crippen LogP contribution < -0.4 is 5.56 Å². The molecule has 0 saturated carbocycles. The van der Waals surface area contributed by atoms with Gasteiger partial charge in [0.05, 0.1) is 17.4 Å². The molecule has 1 fully saturated rings. The third kappa shape index (κ3) is 2.88. The van der Waals surface area contributed by atoms with Crippen LogP contribution in [-0.2, 0) is 11.3 Å². The van der Waals surface area contributed by atoms with E-state index in [-0.39, 0.29) is 11.5 Å². The molecule has 0 amide bonds. The second kappa shape index (κ2) is 5.77. The molecule has 0 spiro atoms. The van der Waals surface area contributed by atoms with E-state index in [1.165, 1.54) is 0 Å². The highest BCUT2D eigenvalue weighted by Crippen LogP contribution is 2.17. The summed E-state index contributed by atoms with van der Waals surface area (Å²) in [6, 6.07) is 7.34. The first-order valence-corrected chi connectivity index (χ1v) is 7.40. The van der Waals surface area contributed by atoms with Crippen molar-refractivity contribution in [1.29, 1.82) is 0 Å². The number of piperidine rings is 1. The van der Waals surface area contributed by atoms with Crippen molar-refractivity contribution in [3.8, 4) is 0 Å². The fourth-order valence-electron chi connectivity index (χ4n) is 2.90. The van der Waals surface area contributed by atoms with Gasteiger partial charge in [-0.3, -0.25) is 14.5 Å². The van der Waals surface area contributed by atoms with Gasteiger partial charge in [-0.1, -0.05) is 19.1 Å². The molecule has 1 saturated heterocycles. The van der Waals surface area contributed by atoms with Gasteiger partial charge in [0.1, 0.15) is 11.6 Å². The summed E-state index contributed by atoms with van der Waals surface area (Å²) in [4.78, 5) is 33.4. The Morgan fingerprint density at radius 1 is 1.33 bits per heavy atom. The number of aromatic nitrogens is 2. The highest BCUT2D eigenvalue weighted by molar-refractivity contribution is 5.82. The van der Waals surface area contributed by atoms with E-state index in [1.807, 2.05) is 25.1 Å². The number of carbonyl (C=O) groups is 1. The van der Waals surface area contributed by atoms with Gasteiger partial charge in [-0.05, 0) is 18.6 Å². The van der Waals surface area contributed by atoms with Crippen molar-refractivity contribution in [2.45, 2.75) is 26.3 Å². The lowest BCUT2D eigenvalue weighted by atomic mass is 9.94. The molecule has 0 bridgehead atoms. The van der Waals surface area contributed by atoms with Crippen molar-refractivity contribution < 1.29 is 4.79 Å². The summed E-state index contributed by atoms with van der Waals surface area (Å²) in [5.41, 5.74) is 0.618. The second-order valence-corrected chi connectivity index (χ2v) is 5.59. The van der Waals surface area contributed by atoms with Gasteiger partial charge >= 0.3 is 0 Å². The lowest BCUT2D eigenvalue weighted by molar-refractivity contribution is -0.126. The molecule has 110 valence electrons. The highest BCUT2D eigenvalue weighted by atomic mass is 16.1. The molecular formula is C16H19N3O2. The number of aromatic amines is 1. The average molecular weight is 285 g/mol. The summed E-state index contributed by atoms with van der Waals surface area (Å²) in [6.07, 6.45) is 1.47. The molecule has 1 aliphatic heterocycles. The fraction of sp³-hybridized carbons (Fsp3) is 0.438. The molecule has 0 aliphatic carbocycles. The number of carbonyl (C=O) groups excluding carboxylic acids is 1. The third-order valence-electron chi connectivity index (χ3n) is 4.14. The molecule has 5 nitrogen and oxygen atoms in total. The van der Waals surface area contributed by atoms with Crippen molar-refractivity contribution in [3.63, 3.8) is 0 Å². The van der Waals surface area contributed by atoms with Crippen LogP contribution in [0, 0.1) is 5.92 Å². The number of rotatable bonds is 3. The minimum Gasteiger partial charge on any atom is -0.309 e. The molecule has 5 heteroatoms. The van der Waals surface area contributed by atoms with Crippen LogP contribution in [0.25, 0.3) is 10.9 Å².